The van der Waals surface area contributed by atoms with Crippen molar-refractivity contribution >= 4 is 22.6 Å². The number of hydrogen-bond donors (Lipinski definition) is 2. The van der Waals surface area contributed by atoms with Gasteiger partial charge in [0, 0.05) is 18.1 Å². The lowest BCUT2D eigenvalue weighted by molar-refractivity contribution is -0.117. The van der Waals surface area contributed by atoms with Crippen molar-refractivity contribution in [2.45, 2.75) is 32.2 Å². The second-order valence-corrected chi connectivity index (χ2v) is 4.50. The van der Waals surface area contributed by atoms with Crippen LogP contribution in [0, 0.1) is 0 Å². The predicted octanol–water partition coefficient (Wildman–Crippen LogP) is 2.09. The van der Waals surface area contributed by atoms with Crippen LogP contribution in [0.3, 0.4) is 0 Å². The second-order valence-electron chi connectivity index (χ2n) is 4.50. The van der Waals surface area contributed by atoms with Gasteiger partial charge in [0.15, 0.2) is 0 Å². The fourth-order valence-corrected chi connectivity index (χ4v) is 1.83. The van der Waals surface area contributed by atoms with Gasteiger partial charge in [-0.3, -0.25) is 14.8 Å². The standard InChI is InChI=1S/C14H18N4O/c1-2-3-4-11(15)14(19)18-10-5-6-12-13(9-10)17-8-7-16-12/h5-9,11H,2-4,15H2,1H3,(H,18,19)/t11-/m0/s1. The Morgan fingerprint density at radius 2 is 2.05 bits per heavy atom. The number of aromatic nitrogens is 2. The van der Waals surface area contributed by atoms with Gasteiger partial charge in [-0.05, 0) is 24.6 Å². The highest BCUT2D eigenvalue weighted by atomic mass is 16.2. The molecule has 100 valence electrons. The summed E-state index contributed by atoms with van der Waals surface area (Å²) in [5.74, 6) is -0.156. The van der Waals surface area contributed by atoms with Gasteiger partial charge >= 0.3 is 0 Å². The third-order valence-electron chi connectivity index (χ3n) is 2.94. The summed E-state index contributed by atoms with van der Waals surface area (Å²) in [6.07, 6.45) is 5.96. The Bertz CT molecular complexity index is 570. The summed E-state index contributed by atoms with van der Waals surface area (Å²) < 4.78 is 0. The minimum Gasteiger partial charge on any atom is -0.325 e. The maximum Gasteiger partial charge on any atom is 0.241 e. The molecule has 3 N–H and O–H groups in total. The molecule has 2 rings (SSSR count). The minimum absolute atomic E-state index is 0.156. The molecule has 5 heteroatoms. The third kappa shape index (κ3) is 3.48. The molecule has 0 bridgehead atoms. The van der Waals surface area contributed by atoms with E-state index in [0.29, 0.717) is 12.1 Å². The molecule has 0 radical (unpaired) electrons. The third-order valence-corrected chi connectivity index (χ3v) is 2.94. The first-order valence-electron chi connectivity index (χ1n) is 6.48. The topological polar surface area (TPSA) is 80.9 Å². The molecule has 1 aromatic carbocycles. The Morgan fingerprint density at radius 3 is 2.79 bits per heavy atom. The lowest BCUT2D eigenvalue weighted by Gasteiger charge is -2.11. The molecular formula is C14H18N4O. The number of nitrogens with two attached hydrogens (primary N) is 1. The Morgan fingerprint density at radius 1 is 1.32 bits per heavy atom. The van der Waals surface area contributed by atoms with Gasteiger partial charge in [-0.1, -0.05) is 19.8 Å². The highest BCUT2D eigenvalue weighted by molar-refractivity contribution is 5.96. The molecule has 1 aromatic heterocycles. The van der Waals surface area contributed by atoms with Crippen LogP contribution in [0.1, 0.15) is 26.2 Å². The summed E-state index contributed by atoms with van der Waals surface area (Å²) in [6, 6.07) is 4.97. The van der Waals surface area contributed by atoms with Crippen LogP contribution in [-0.4, -0.2) is 21.9 Å². The molecule has 1 heterocycles. The lowest BCUT2D eigenvalue weighted by Crippen LogP contribution is -2.35. The summed E-state index contributed by atoms with van der Waals surface area (Å²) in [5, 5.41) is 2.81. The maximum absolute atomic E-state index is 11.9. The Hall–Kier alpha value is -2.01. The van der Waals surface area contributed by atoms with Crippen LogP contribution < -0.4 is 11.1 Å². The summed E-state index contributed by atoms with van der Waals surface area (Å²) in [7, 11) is 0. The molecule has 1 amide bonds. The molecule has 0 aliphatic rings. The van der Waals surface area contributed by atoms with Crippen LogP contribution in [0.4, 0.5) is 5.69 Å². The first kappa shape index (κ1) is 13.4. The van der Waals surface area contributed by atoms with Gasteiger partial charge < -0.3 is 11.1 Å². The molecule has 0 aliphatic carbocycles. The van der Waals surface area contributed by atoms with Crippen LogP contribution in [0.5, 0.6) is 0 Å². The number of fused-ring (bicyclic) bond motifs is 1. The van der Waals surface area contributed by atoms with Crippen molar-refractivity contribution in [1.82, 2.24) is 9.97 Å². The minimum atomic E-state index is -0.461. The SMILES string of the molecule is CCCC[C@H](N)C(=O)Nc1ccc2nccnc2c1. The molecule has 0 aliphatic heterocycles. The van der Waals surface area contributed by atoms with E-state index in [9.17, 15) is 4.79 Å². The van der Waals surface area contributed by atoms with Crippen molar-refractivity contribution in [1.29, 1.82) is 0 Å². The molecule has 5 nitrogen and oxygen atoms in total. The normalized spacial score (nSPS) is 12.3. The predicted molar refractivity (Wildman–Crippen MR) is 75.7 cm³/mol. The van der Waals surface area contributed by atoms with E-state index in [0.717, 1.165) is 23.9 Å². The van der Waals surface area contributed by atoms with Crippen molar-refractivity contribution in [3.63, 3.8) is 0 Å². The average molecular weight is 258 g/mol. The summed E-state index contributed by atoms with van der Waals surface area (Å²) in [6.45, 7) is 2.08. The zero-order chi connectivity index (χ0) is 13.7. The van der Waals surface area contributed by atoms with E-state index in [1.807, 2.05) is 6.07 Å². The molecular weight excluding hydrogens is 240 g/mol. The van der Waals surface area contributed by atoms with Gasteiger partial charge in [0.25, 0.3) is 0 Å². The van der Waals surface area contributed by atoms with E-state index in [-0.39, 0.29) is 5.91 Å². The quantitative estimate of drug-likeness (QED) is 0.860. The number of hydrogen-bond acceptors (Lipinski definition) is 4. The summed E-state index contributed by atoms with van der Waals surface area (Å²) in [5.41, 5.74) is 8.08. The highest BCUT2D eigenvalue weighted by Gasteiger charge is 2.12. The van der Waals surface area contributed by atoms with Gasteiger partial charge in [-0.15, -0.1) is 0 Å². The van der Waals surface area contributed by atoms with E-state index in [1.165, 1.54) is 0 Å². The molecule has 2 aromatic rings. The smallest absolute Gasteiger partial charge is 0.241 e. The molecule has 0 saturated heterocycles. The van der Waals surface area contributed by atoms with Crippen molar-refractivity contribution in [2.75, 3.05) is 5.32 Å². The summed E-state index contributed by atoms with van der Waals surface area (Å²) >= 11 is 0. The van der Waals surface area contributed by atoms with Gasteiger partial charge in [0.05, 0.1) is 17.1 Å². The fraction of sp³-hybridized carbons (Fsp3) is 0.357. The summed E-state index contributed by atoms with van der Waals surface area (Å²) in [4.78, 5) is 20.3. The van der Waals surface area contributed by atoms with Gasteiger partial charge in [0.2, 0.25) is 5.91 Å². The number of carbonyl (C=O) groups is 1. The molecule has 0 spiro atoms. The van der Waals surface area contributed by atoms with Crippen LogP contribution in [-0.2, 0) is 4.79 Å². The van der Waals surface area contributed by atoms with Crippen LogP contribution in [0.2, 0.25) is 0 Å². The van der Waals surface area contributed by atoms with E-state index in [2.05, 4.69) is 22.2 Å². The van der Waals surface area contributed by atoms with Crippen LogP contribution >= 0.6 is 0 Å². The van der Waals surface area contributed by atoms with Crippen molar-refractivity contribution in [2.24, 2.45) is 5.73 Å². The number of unbranched alkanes of at least 4 members (excludes halogenated alkanes) is 1. The number of nitrogens with zero attached hydrogens (tertiary/aromatic N) is 2. The van der Waals surface area contributed by atoms with Gasteiger partial charge in [-0.25, -0.2) is 0 Å². The Kier molecular flexibility index (Phi) is 4.41. The average Bonchev–Trinajstić information content (AvgIpc) is 2.44. The zero-order valence-electron chi connectivity index (χ0n) is 11.0. The van der Waals surface area contributed by atoms with Gasteiger partial charge in [-0.2, -0.15) is 0 Å². The molecule has 0 fully saturated rings. The number of rotatable bonds is 5. The number of amides is 1. The van der Waals surface area contributed by atoms with Crippen molar-refractivity contribution in [3.8, 4) is 0 Å². The zero-order valence-corrected chi connectivity index (χ0v) is 11.0. The van der Waals surface area contributed by atoms with Crippen molar-refractivity contribution in [3.05, 3.63) is 30.6 Å². The number of anilines is 1. The number of benzene rings is 1. The van der Waals surface area contributed by atoms with Crippen molar-refractivity contribution < 1.29 is 4.79 Å². The van der Waals surface area contributed by atoms with E-state index in [4.69, 9.17) is 5.73 Å². The molecule has 0 unspecified atom stereocenters. The number of nitrogens with one attached hydrogen (secondary N) is 1. The van der Waals surface area contributed by atoms with Crippen LogP contribution in [0.25, 0.3) is 11.0 Å². The molecule has 19 heavy (non-hydrogen) atoms. The van der Waals surface area contributed by atoms with Crippen LogP contribution in [0.15, 0.2) is 30.6 Å². The Labute approximate surface area is 112 Å². The second kappa shape index (κ2) is 6.24. The Balaban J connectivity index is 2.06. The fourth-order valence-electron chi connectivity index (χ4n) is 1.83. The van der Waals surface area contributed by atoms with E-state index in [1.54, 1.807) is 24.5 Å². The van der Waals surface area contributed by atoms with Gasteiger partial charge in [0.1, 0.15) is 0 Å². The lowest BCUT2D eigenvalue weighted by atomic mass is 10.1. The molecule has 0 saturated carbocycles. The monoisotopic (exact) mass is 258 g/mol. The largest absolute Gasteiger partial charge is 0.325 e. The van der Waals surface area contributed by atoms with E-state index < -0.39 is 6.04 Å². The highest BCUT2D eigenvalue weighted by Crippen LogP contribution is 2.15. The first-order chi connectivity index (χ1) is 9.20. The first-order valence-corrected chi connectivity index (χ1v) is 6.48. The number of carbonyl (C=O) groups excluding carboxylic acids is 1. The molecule has 1 atom stereocenters. The maximum atomic E-state index is 11.9. The van der Waals surface area contributed by atoms with E-state index >= 15 is 0 Å².